The van der Waals surface area contributed by atoms with Crippen LogP contribution in [0.3, 0.4) is 0 Å². The van der Waals surface area contributed by atoms with Gasteiger partial charge in [0.2, 0.25) is 21.8 Å². The monoisotopic (exact) mass is 409 g/mol. The Bertz CT molecular complexity index is 1240. The third-order valence-corrected chi connectivity index (χ3v) is 5.60. The number of hydrogen-bond donors (Lipinski definition) is 1. The van der Waals surface area contributed by atoms with Crippen LogP contribution in [0.2, 0.25) is 0 Å². The summed E-state index contributed by atoms with van der Waals surface area (Å²) < 4.78 is 46.8. The third-order valence-electron chi connectivity index (χ3n) is 4.20. The smallest absolute Gasteiger partial charge is 0.248 e. The van der Waals surface area contributed by atoms with Gasteiger partial charge in [0.15, 0.2) is 0 Å². The molecule has 0 saturated carbocycles. The summed E-state index contributed by atoms with van der Waals surface area (Å²) in [5, 5.41) is 7.88. The van der Waals surface area contributed by atoms with Crippen LogP contribution >= 0.6 is 0 Å². The number of hydrogen-bond acceptors (Lipinski definition) is 5. The molecule has 6 nitrogen and oxygen atoms in total. The molecule has 0 bridgehead atoms. The summed E-state index contributed by atoms with van der Waals surface area (Å²) in [6, 6.07) is 21.2. The van der Waals surface area contributed by atoms with Gasteiger partial charge in [-0.3, -0.25) is 0 Å². The Morgan fingerprint density at radius 2 is 1.48 bits per heavy atom. The van der Waals surface area contributed by atoms with Gasteiger partial charge in [-0.25, -0.2) is 17.5 Å². The number of nitrogens with one attached hydrogen (secondary N) is 1. The zero-order chi connectivity index (χ0) is 20.3. The van der Waals surface area contributed by atoms with E-state index in [-0.39, 0.29) is 23.2 Å². The summed E-state index contributed by atoms with van der Waals surface area (Å²) in [7, 11) is -3.73. The molecule has 0 aliphatic carbocycles. The van der Waals surface area contributed by atoms with Crippen LogP contribution in [0, 0.1) is 5.82 Å². The van der Waals surface area contributed by atoms with E-state index in [4.69, 9.17) is 4.42 Å². The Labute approximate surface area is 167 Å². The topological polar surface area (TPSA) is 85.1 Å². The van der Waals surface area contributed by atoms with Crippen molar-refractivity contribution in [1.82, 2.24) is 14.9 Å². The van der Waals surface area contributed by atoms with Gasteiger partial charge in [0.05, 0.1) is 4.90 Å². The molecule has 0 amide bonds. The molecule has 4 rings (SSSR count). The highest BCUT2D eigenvalue weighted by atomic mass is 32.2. The molecule has 29 heavy (non-hydrogen) atoms. The van der Waals surface area contributed by atoms with Gasteiger partial charge in [0, 0.05) is 17.7 Å². The molecule has 0 fully saturated rings. The van der Waals surface area contributed by atoms with E-state index in [0.717, 1.165) is 5.56 Å². The highest BCUT2D eigenvalue weighted by molar-refractivity contribution is 7.89. The fourth-order valence-corrected chi connectivity index (χ4v) is 3.80. The molecule has 1 heterocycles. The predicted molar refractivity (Wildman–Crippen MR) is 106 cm³/mol. The molecule has 0 atom stereocenters. The molecular formula is C21H16FN3O3S. The molecule has 0 aliphatic rings. The number of sulfonamides is 1. The average Bonchev–Trinajstić information content (AvgIpc) is 3.24. The van der Waals surface area contributed by atoms with E-state index < -0.39 is 15.8 Å². The first-order valence-corrected chi connectivity index (χ1v) is 10.2. The standard InChI is InChI=1S/C21H16FN3O3S/c22-18-10-4-8-16(12-18)20-24-25-21(28-20)17-9-5-11-19(13-17)29(26,27)23-14-15-6-2-1-3-7-15/h1-13,23H,14H2. The van der Waals surface area contributed by atoms with Crippen LogP contribution in [0.25, 0.3) is 22.9 Å². The summed E-state index contributed by atoms with van der Waals surface area (Å²) in [6.45, 7) is 0.178. The van der Waals surface area contributed by atoms with E-state index in [1.54, 1.807) is 24.3 Å². The molecule has 0 unspecified atom stereocenters. The lowest BCUT2D eigenvalue weighted by atomic mass is 10.2. The molecule has 0 saturated heterocycles. The van der Waals surface area contributed by atoms with Gasteiger partial charge in [-0.05, 0) is 42.0 Å². The zero-order valence-electron chi connectivity index (χ0n) is 15.1. The Hall–Kier alpha value is -3.36. The first-order chi connectivity index (χ1) is 14.0. The Balaban J connectivity index is 1.57. The summed E-state index contributed by atoms with van der Waals surface area (Å²) in [5.41, 5.74) is 1.74. The number of nitrogens with zero attached hydrogens (tertiary/aromatic N) is 2. The van der Waals surface area contributed by atoms with Crippen molar-refractivity contribution in [2.75, 3.05) is 0 Å². The third kappa shape index (κ3) is 4.39. The SMILES string of the molecule is O=S(=O)(NCc1ccccc1)c1cccc(-c2nnc(-c3cccc(F)c3)o2)c1. The molecule has 1 N–H and O–H groups in total. The van der Waals surface area contributed by atoms with E-state index in [1.165, 1.54) is 24.3 Å². The average molecular weight is 409 g/mol. The molecule has 1 aromatic heterocycles. The summed E-state index contributed by atoms with van der Waals surface area (Å²) in [5.74, 6) is -0.126. The van der Waals surface area contributed by atoms with Crippen molar-refractivity contribution in [3.05, 3.63) is 90.2 Å². The van der Waals surface area contributed by atoms with Crippen molar-refractivity contribution >= 4 is 10.0 Å². The maximum absolute atomic E-state index is 13.4. The summed E-state index contributed by atoms with van der Waals surface area (Å²) in [6.07, 6.45) is 0. The van der Waals surface area contributed by atoms with Crippen LogP contribution in [-0.4, -0.2) is 18.6 Å². The minimum absolute atomic E-state index is 0.0800. The minimum Gasteiger partial charge on any atom is -0.416 e. The van der Waals surface area contributed by atoms with Crippen molar-refractivity contribution in [1.29, 1.82) is 0 Å². The second-order valence-corrected chi connectivity index (χ2v) is 8.03. The second kappa shape index (κ2) is 7.94. The number of halogens is 1. The molecule has 3 aromatic carbocycles. The zero-order valence-corrected chi connectivity index (χ0v) is 15.9. The van der Waals surface area contributed by atoms with Gasteiger partial charge in [-0.1, -0.05) is 42.5 Å². The van der Waals surface area contributed by atoms with Crippen LogP contribution < -0.4 is 4.72 Å². The Morgan fingerprint density at radius 1 is 0.828 bits per heavy atom. The van der Waals surface area contributed by atoms with Crippen molar-refractivity contribution in [3.63, 3.8) is 0 Å². The largest absolute Gasteiger partial charge is 0.416 e. The fourth-order valence-electron chi connectivity index (χ4n) is 2.73. The van der Waals surface area contributed by atoms with Crippen LogP contribution in [0.15, 0.2) is 88.2 Å². The lowest BCUT2D eigenvalue weighted by molar-refractivity contribution is 0.579. The summed E-state index contributed by atoms with van der Waals surface area (Å²) >= 11 is 0. The van der Waals surface area contributed by atoms with E-state index in [0.29, 0.717) is 11.1 Å². The van der Waals surface area contributed by atoms with Gasteiger partial charge in [-0.15, -0.1) is 10.2 Å². The van der Waals surface area contributed by atoms with Gasteiger partial charge < -0.3 is 4.42 Å². The first-order valence-electron chi connectivity index (χ1n) is 8.75. The highest BCUT2D eigenvalue weighted by Gasteiger charge is 2.17. The number of benzene rings is 3. The second-order valence-electron chi connectivity index (χ2n) is 6.26. The van der Waals surface area contributed by atoms with E-state index in [2.05, 4.69) is 14.9 Å². The molecular weight excluding hydrogens is 393 g/mol. The van der Waals surface area contributed by atoms with Gasteiger partial charge >= 0.3 is 0 Å². The maximum Gasteiger partial charge on any atom is 0.248 e. The van der Waals surface area contributed by atoms with Crippen LogP contribution in [-0.2, 0) is 16.6 Å². The maximum atomic E-state index is 13.4. The van der Waals surface area contributed by atoms with E-state index in [9.17, 15) is 12.8 Å². The number of rotatable bonds is 6. The minimum atomic E-state index is -3.73. The van der Waals surface area contributed by atoms with Crippen molar-refractivity contribution < 1.29 is 17.2 Å². The lowest BCUT2D eigenvalue weighted by Crippen LogP contribution is -2.23. The lowest BCUT2D eigenvalue weighted by Gasteiger charge is -2.07. The molecule has 146 valence electrons. The molecule has 0 radical (unpaired) electrons. The normalized spacial score (nSPS) is 11.5. The first kappa shape index (κ1) is 19.0. The summed E-state index contributed by atoms with van der Waals surface area (Å²) in [4.78, 5) is 0.0800. The quantitative estimate of drug-likeness (QED) is 0.520. The highest BCUT2D eigenvalue weighted by Crippen LogP contribution is 2.26. The van der Waals surface area contributed by atoms with Crippen LogP contribution in [0.5, 0.6) is 0 Å². The molecule has 0 spiro atoms. The molecule has 0 aliphatic heterocycles. The number of aromatic nitrogens is 2. The van der Waals surface area contributed by atoms with Crippen molar-refractivity contribution in [3.8, 4) is 22.9 Å². The van der Waals surface area contributed by atoms with Crippen LogP contribution in [0.1, 0.15) is 5.56 Å². The fraction of sp³-hybridized carbons (Fsp3) is 0.0476. The molecule has 4 aromatic rings. The van der Waals surface area contributed by atoms with E-state index in [1.807, 2.05) is 30.3 Å². The predicted octanol–water partition coefficient (Wildman–Crippen LogP) is 4.02. The Morgan fingerprint density at radius 3 is 2.17 bits per heavy atom. The van der Waals surface area contributed by atoms with Crippen molar-refractivity contribution in [2.45, 2.75) is 11.4 Å². The van der Waals surface area contributed by atoms with Crippen molar-refractivity contribution in [2.24, 2.45) is 0 Å². The van der Waals surface area contributed by atoms with Crippen LogP contribution in [0.4, 0.5) is 4.39 Å². The molecule has 8 heteroatoms. The Kier molecular flexibility index (Phi) is 5.20. The van der Waals surface area contributed by atoms with Gasteiger partial charge in [0.1, 0.15) is 5.82 Å². The van der Waals surface area contributed by atoms with Gasteiger partial charge in [0.25, 0.3) is 0 Å². The van der Waals surface area contributed by atoms with Gasteiger partial charge in [-0.2, -0.15) is 0 Å². The van der Waals surface area contributed by atoms with E-state index >= 15 is 0 Å².